The Balaban J connectivity index is 1.43. The molecule has 0 bridgehead atoms. The van der Waals surface area contributed by atoms with Gasteiger partial charge in [0.15, 0.2) is 0 Å². The van der Waals surface area contributed by atoms with Crippen LogP contribution < -0.4 is 4.72 Å². The number of nitrogens with one attached hydrogen (secondary N) is 1. The molecule has 1 atom stereocenters. The number of benzene rings is 1. The number of nitrogens with zero attached hydrogens (tertiary/aromatic N) is 2. The van der Waals surface area contributed by atoms with Crippen LogP contribution in [0.1, 0.15) is 44.1 Å². The van der Waals surface area contributed by atoms with E-state index in [1.807, 2.05) is 0 Å². The van der Waals surface area contributed by atoms with Gasteiger partial charge in [0.25, 0.3) is 10.0 Å². The van der Waals surface area contributed by atoms with Crippen LogP contribution in [0.25, 0.3) is 0 Å². The lowest BCUT2D eigenvalue weighted by molar-refractivity contribution is -0.151. The Morgan fingerprint density at radius 3 is 2.82 bits per heavy atom. The third kappa shape index (κ3) is 4.35. The van der Waals surface area contributed by atoms with E-state index in [1.165, 1.54) is 7.11 Å². The summed E-state index contributed by atoms with van der Waals surface area (Å²) in [5.74, 6) is 0.0160. The van der Waals surface area contributed by atoms with Crippen LogP contribution in [-0.4, -0.2) is 57.3 Å². The third-order valence-corrected chi connectivity index (χ3v) is 6.42. The molecule has 0 aromatic heterocycles. The first-order valence-corrected chi connectivity index (χ1v) is 11.0. The van der Waals surface area contributed by atoms with Gasteiger partial charge in [-0.25, -0.2) is 13.2 Å². The van der Waals surface area contributed by atoms with Crippen molar-refractivity contribution in [1.29, 1.82) is 0 Å². The average Bonchev–Trinajstić information content (AvgIpc) is 3.27. The van der Waals surface area contributed by atoms with Gasteiger partial charge in [-0.3, -0.25) is 14.5 Å². The molecule has 2 heterocycles. The number of methoxy groups -OCH3 is 1. The van der Waals surface area contributed by atoms with Crippen LogP contribution in [0, 0.1) is 0 Å². The molecule has 2 aliphatic rings. The summed E-state index contributed by atoms with van der Waals surface area (Å²) in [4.78, 5) is 30.3. The number of amidine groups is 1. The van der Waals surface area contributed by atoms with Gasteiger partial charge in [0.05, 0.1) is 12.0 Å². The molecule has 1 N–H and O–H groups in total. The maximum absolute atomic E-state index is 12.3. The summed E-state index contributed by atoms with van der Waals surface area (Å²) < 4.78 is 31.3. The van der Waals surface area contributed by atoms with Gasteiger partial charge in [0.1, 0.15) is 11.9 Å². The molecule has 3 rings (SSSR count). The number of unbranched alkanes of at least 4 members (excludes halogenated alkanes) is 2. The highest BCUT2D eigenvalue weighted by atomic mass is 32.2. The molecule has 0 unspecified atom stereocenters. The normalized spacial score (nSPS) is 21.4. The van der Waals surface area contributed by atoms with E-state index in [4.69, 9.17) is 4.74 Å². The molecule has 1 aromatic rings. The predicted molar refractivity (Wildman–Crippen MR) is 103 cm³/mol. The van der Waals surface area contributed by atoms with Gasteiger partial charge in [-0.1, -0.05) is 18.6 Å². The minimum atomic E-state index is -3.51. The van der Waals surface area contributed by atoms with Crippen LogP contribution in [0.2, 0.25) is 0 Å². The zero-order valence-corrected chi connectivity index (χ0v) is 16.7. The van der Waals surface area contributed by atoms with Gasteiger partial charge in [0, 0.05) is 25.1 Å². The summed E-state index contributed by atoms with van der Waals surface area (Å²) in [6, 6.07) is 6.31. The zero-order valence-electron chi connectivity index (χ0n) is 15.9. The fourth-order valence-electron chi connectivity index (χ4n) is 3.60. The largest absolute Gasteiger partial charge is 0.467 e. The highest BCUT2D eigenvalue weighted by Gasteiger charge is 2.34. The predicted octanol–water partition coefficient (Wildman–Crippen LogP) is 1.45. The van der Waals surface area contributed by atoms with Crippen molar-refractivity contribution in [2.45, 2.75) is 49.5 Å². The van der Waals surface area contributed by atoms with Crippen molar-refractivity contribution in [3.8, 4) is 0 Å². The van der Waals surface area contributed by atoms with E-state index in [-0.39, 0.29) is 16.8 Å². The second kappa shape index (κ2) is 8.72. The highest BCUT2D eigenvalue weighted by Crippen LogP contribution is 2.22. The Labute approximate surface area is 165 Å². The Morgan fingerprint density at radius 1 is 1.25 bits per heavy atom. The number of hydrogen-bond donors (Lipinski definition) is 1. The van der Waals surface area contributed by atoms with Crippen molar-refractivity contribution in [1.82, 2.24) is 9.62 Å². The number of amides is 1. The molecule has 9 heteroatoms. The molecule has 28 heavy (non-hydrogen) atoms. The Kier molecular flexibility index (Phi) is 6.33. The van der Waals surface area contributed by atoms with Crippen molar-refractivity contribution in [2.75, 3.05) is 20.2 Å². The number of hydrogen-bond acceptors (Lipinski definition) is 6. The molecule has 2 aliphatic heterocycles. The summed E-state index contributed by atoms with van der Waals surface area (Å²) in [5, 5.41) is 0. The van der Waals surface area contributed by atoms with E-state index in [0.29, 0.717) is 43.8 Å². The smallest absolute Gasteiger partial charge is 0.328 e. The standard InChI is InChI=1S/C19H25N3O5S/c1-27-19(24)15-9-7-13-22(15)17(23)11-3-2-6-12-20-18-14-8-4-5-10-16(14)28(25,26)21-18/h4-5,8,10,15H,2-3,6-7,9,11-13H2,1H3,(H,20,21)/t15-/m1/s1. The average molecular weight is 407 g/mol. The van der Waals surface area contributed by atoms with E-state index in [1.54, 1.807) is 29.2 Å². The Hall–Kier alpha value is -2.42. The topological polar surface area (TPSA) is 105 Å². The summed E-state index contributed by atoms with van der Waals surface area (Å²) in [6.45, 7) is 1.08. The van der Waals surface area contributed by atoms with Crippen molar-refractivity contribution in [3.05, 3.63) is 29.8 Å². The first kappa shape index (κ1) is 20.3. The minimum absolute atomic E-state index is 0.0169. The lowest BCUT2D eigenvalue weighted by Gasteiger charge is -2.22. The molecule has 0 radical (unpaired) electrons. The van der Waals surface area contributed by atoms with Gasteiger partial charge >= 0.3 is 5.97 Å². The molecular formula is C19H25N3O5S. The molecule has 0 spiro atoms. The number of aliphatic imine (C=N–C) groups is 1. The van der Waals surface area contributed by atoms with Crippen LogP contribution in [0.3, 0.4) is 0 Å². The SMILES string of the molecule is COC(=O)[C@H]1CCCN1C(=O)CCCCCN=C1NS(=O)(=O)c2ccccc21. The van der Waals surface area contributed by atoms with E-state index >= 15 is 0 Å². The van der Waals surface area contributed by atoms with Crippen LogP contribution >= 0.6 is 0 Å². The lowest BCUT2D eigenvalue weighted by Crippen LogP contribution is -2.40. The lowest BCUT2D eigenvalue weighted by atomic mass is 10.1. The zero-order chi connectivity index (χ0) is 20.1. The van der Waals surface area contributed by atoms with Crippen LogP contribution in [-0.2, 0) is 24.3 Å². The summed E-state index contributed by atoms with van der Waals surface area (Å²) in [6.07, 6.45) is 4.12. The molecule has 1 aromatic carbocycles. The van der Waals surface area contributed by atoms with Gasteiger partial charge in [-0.15, -0.1) is 0 Å². The number of esters is 1. The summed E-state index contributed by atoms with van der Waals surface area (Å²) in [7, 11) is -2.17. The molecule has 0 aliphatic carbocycles. The van der Waals surface area contributed by atoms with Gasteiger partial charge in [-0.2, -0.15) is 0 Å². The molecule has 1 saturated heterocycles. The molecule has 152 valence electrons. The number of sulfonamides is 1. The molecule has 1 amide bonds. The fraction of sp³-hybridized carbons (Fsp3) is 0.526. The molecule has 8 nitrogen and oxygen atoms in total. The maximum atomic E-state index is 12.3. The van der Waals surface area contributed by atoms with E-state index in [9.17, 15) is 18.0 Å². The van der Waals surface area contributed by atoms with Gasteiger partial charge in [-0.05, 0) is 37.8 Å². The Morgan fingerprint density at radius 2 is 2.04 bits per heavy atom. The number of carbonyl (C=O) groups excluding carboxylic acids is 2. The quantitative estimate of drug-likeness (QED) is 0.544. The van der Waals surface area contributed by atoms with Crippen LogP contribution in [0.5, 0.6) is 0 Å². The highest BCUT2D eigenvalue weighted by molar-refractivity contribution is 7.90. The third-order valence-electron chi connectivity index (χ3n) is 5.03. The minimum Gasteiger partial charge on any atom is -0.467 e. The fourth-order valence-corrected chi connectivity index (χ4v) is 4.85. The van der Waals surface area contributed by atoms with Crippen molar-refractivity contribution < 1.29 is 22.7 Å². The number of likely N-dealkylation sites (tertiary alicyclic amines) is 1. The van der Waals surface area contributed by atoms with Crippen molar-refractivity contribution in [3.63, 3.8) is 0 Å². The molecular weight excluding hydrogens is 382 g/mol. The number of rotatable bonds is 7. The first-order chi connectivity index (χ1) is 13.4. The summed E-state index contributed by atoms with van der Waals surface area (Å²) >= 11 is 0. The van der Waals surface area contributed by atoms with Crippen molar-refractivity contribution in [2.24, 2.45) is 4.99 Å². The number of fused-ring (bicyclic) bond motifs is 1. The second-order valence-electron chi connectivity index (χ2n) is 6.91. The van der Waals surface area contributed by atoms with Crippen LogP contribution in [0.15, 0.2) is 34.2 Å². The van der Waals surface area contributed by atoms with E-state index in [0.717, 1.165) is 19.3 Å². The maximum Gasteiger partial charge on any atom is 0.328 e. The molecule has 0 saturated carbocycles. The number of carbonyl (C=O) groups is 2. The van der Waals surface area contributed by atoms with E-state index < -0.39 is 16.1 Å². The number of ether oxygens (including phenoxy) is 1. The van der Waals surface area contributed by atoms with Crippen molar-refractivity contribution >= 4 is 27.7 Å². The first-order valence-electron chi connectivity index (χ1n) is 9.48. The molecule has 1 fully saturated rings. The van der Waals surface area contributed by atoms with E-state index in [2.05, 4.69) is 9.71 Å². The Bertz CT molecular complexity index is 881. The monoisotopic (exact) mass is 407 g/mol. The van der Waals surface area contributed by atoms with Gasteiger partial charge < -0.3 is 9.64 Å². The summed E-state index contributed by atoms with van der Waals surface area (Å²) in [5.41, 5.74) is 0.598. The van der Waals surface area contributed by atoms with Gasteiger partial charge in [0.2, 0.25) is 5.91 Å². The van der Waals surface area contributed by atoms with Crippen LogP contribution in [0.4, 0.5) is 0 Å². The second-order valence-corrected chi connectivity index (χ2v) is 8.56.